The maximum atomic E-state index is 12.9. The van der Waals surface area contributed by atoms with Crippen molar-refractivity contribution in [3.8, 4) is 5.75 Å². The van der Waals surface area contributed by atoms with E-state index in [9.17, 15) is 9.90 Å². The fourth-order valence-corrected chi connectivity index (χ4v) is 3.88. The van der Waals surface area contributed by atoms with Crippen molar-refractivity contribution in [2.24, 2.45) is 5.92 Å². The smallest absolute Gasteiger partial charge is 0.233 e. The van der Waals surface area contributed by atoms with Crippen LogP contribution >= 0.6 is 11.8 Å². The zero-order chi connectivity index (χ0) is 18.2. The maximum absolute atomic E-state index is 12.9. The molecule has 0 atom stereocenters. The molecule has 1 heterocycles. The summed E-state index contributed by atoms with van der Waals surface area (Å²) in [6.07, 6.45) is 2.04. The van der Waals surface area contributed by atoms with Crippen LogP contribution in [0.25, 0.3) is 0 Å². The highest BCUT2D eigenvalue weighted by molar-refractivity contribution is 8.00. The van der Waals surface area contributed by atoms with Crippen molar-refractivity contribution in [1.82, 2.24) is 4.90 Å². The Balaban J connectivity index is 1.62. The summed E-state index contributed by atoms with van der Waals surface area (Å²) in [5, 5.41) is 9.37. The minimum Gasteiger partial charge on any atom is -0.508 e. The second-order valence-electron chi connectivity index (χ2n) is 6.60. The molecular weight excluding hydrogens is 346 g/mol. The lowest BCUT2D eigenvalue weighted by Crippen LogP contribution is -2.37. The minimum absolute atomic E-state index is 0.151. The number of carbonyl (C=O) groups excluding carboxylic acids is 1. The van der Waals surface area contributed by atoms with Crippen LogP contribution in [0.1, 0.15) is 18.4 Å². The van der Waals surface area contributed by atoms with Crippen LogP contribution in [0.15, 0.2) is 59.5 Å². The van der Waals surface area contributed by atoms with Crippen LogP contribution in [0.4, 0.5) is 0 Å². The van der Waals surface area contributed by atoms with Crippen LogP contribution in [0, 0.1) is 5.92 Å². The van der Waals surface area contributed by atoms with E-state index in [-0.39, 0.29) is 11.7 Å². The molecule has 1 amide bonds. The maximum Gasteiger partial charge on any atom is 0.233 e. The number of hydrogen-bond acceptors (Lipinski definition) is 4. The van der Waals surface area contributed by atoms with Crippen LogP contribution in [-0.4, -0.2) is 41.4 Å². The van der Waals surface area contributed by atoms with E-state index >= 15 is 0 Å². The van der Waals surface area contributed by atoms with Crippen molar-refractivity contribution in [2.75, 3.05) is 25.5 Å². The molecule has 26 heavy (non-hydrogen) atoms. The fourth-order valence-electron chi connectivity index (χ4n) is 3.08. The van der Waals surface area contributed by atoms with Crippen LogP contribution in [0.3, 0.4) is 0 Å². The average Bonchev–Trinajstić information content (AvgIpc) is 2.68. The van der Waals surface area contributed by atoms with Crippen molar-refractivity contribution >= 4 is 17.7 Å². The van der Waals surface area contributed by atoms with Gasteiger partial charge in [0.2, 0.25) is 5.91 Å². The number of phenolic OH excluding ortho intramolecular Hbond substituents is 1. The standard InChI is InChI=1S/C21H25NO3S/c23-19-6-8-20(9-7-19)26-16-21(24)22(14-17-4-2-1-3-5-17)15-18-10-12-25-13-11-18/h1-9,18,23H,10-16H2. The van der Waals surface area contributed by atoms with Gasteiger partial charge in [-0.15, -0.1) is 11.8 Å². The summed E-state index contributed by atoms with van der Waals surface area (Å²) in [7, 11) is 0. The van der Waals surface area contributed by atoms with Crippen LogP contribution in [0.2, 0.25) is 0 Å². The molecule has 1 aliphatic heterocycles. The van der Waals surface area contributed by atoms with Crippen molar-refractivity contribution in [3.63, 3.8) is 0 Å². The largest absolute Gasteiger partial charge is 0.508 e. The number of ether oxygens (including phenoxy) is 1. The summed E-state index contributed by atoms with van der Waals surface area (Å²) in [5.74, 6) is 1.31. The number of nitrogens with zero attached hydrogens (tertiary/aromatic N) is 1. The van der Waals surface area contributed by atoms with Crippen LogP contribution in [-0.2, 0) is 16.1 Å². The van der Waals surface area contributed by atoms with Gasteiger partial charge in [-0.2, -0.15) is 0 Å². The predicted molar refractivity (Wildman–Crippen MR) is 104 cm³/mol. The molecule has 5 heteroatoms. The van der Waals surface area contributed by atoms with Crippen molar-refractivity contribution in [2.45, 2.75) is 24.3 Å². The SMILES string of the molecule is O=C(CSc1ccc(O)cc1)N(Cc1ccccc1)CC1CCOCC1. The number of carbonyl (C=O) groups is 1. The number of phenols is 1. The molecular formula is C21H25NO3S. The molecule has 1 fully saturated rings. The lowest BCUT2D eigenvalue weighted by Gasteiger charge is -2.30. The van der Waals surface area contributed by atoms with E-state index in [4.69, 9.17) is 4.74 Å². The van der Waals surface area contributed by atoms with Crippen molar-refractivity contribution in [1.29, 1.82) is 0 Å². The quantitative estimate of drug-likeness (QED) is 0.749. The number of rotatable bonds is 7. The number of aromatic hydroxyl groups is 1. The van der Waals surface area contributed by atoms with E-state index in [1.807, 2.05) is 35.2 Å². The molecule has 2 aromatic rings. The fraction of sp³-hybridized carbons (Fsp3) is 0.381. The Morgan fingerprint density at radius 1 is 1.08 bits per heavy atom. The Hall–Kier alpha value is -1.98. The van der Waals surface area contributed by atoms with Crippen molar-refractivity contribution in [3.05, 3.63) is 60.2 Å². The Kier molecular flexibility index (Phi) is 6.97. The molecule has 4 nitrogen and oxygen atoms in total. The molecule has 2 aromatic carbocycles. The zero-order valence-electron chi connectivity index (χ0n) is 14.8. The summed E-state index contributed by atoms with van der Waals surface area (Å²) in [4.78, 5) is 15.9. The lowest BCUT2D eigenvalue weighted by atomic mass is 9.99. The molecule has 0 saturated carbocycles. The van der Waals surface area contributed by atoms with Gasteiger partial charge in [0.05, 0.1) is 5.75 Å². The molecule has 0 aromatic heterocycles. The summed E-state index contributed by atoms with van der Waals surface area (Å²) in [6, 6.07) is 17.1. The average molecular weight is 372 g/mol. The number of thioether (sulfide) groups is 1. The Morgan fingerprint density at radius 3 is 2.46 bits per heavy atom. The molecule has 138 valence electrons. The van der Waals surface area contributed by atoms with Crippen molar-refractivity contribution < 1.29 is 14.6 Å². The second kappa shape index (κ2) is 9.64. The van der Waals surface area contributed by atoms with Gasteiger partial charge in [-0.3, -0.25) is 4.79 Å². The highest BCUT2D eigenvalue weighted by Gasteiger charge is 2.21. The van der Waals surface area contributed by atoms with E-state index in [0.717, 1.165) is 43.1 Å². The van der Waals surface area contributed by atoms with Crippen LogP contribution in [0.5, 0.6) is 5.75 Å². The first-order chi connectivity index (χ1) is 12.7. The third kappa shape index (κ3) is 5.78. The summed E-state index contributed by atoms with van der Waals surface area (Å²) in [5.41, 5.74) is 1.16. The van der Waals surface area contributed by atoms with Gasteiger partial charge >= 0.3 is 0 Å². The number of amides is 1. The first-order valence-electron chi connectivity index (χ1n) is 9.02. The van der Waals surface area contributed by atoms with Gasteiger partial charge in [0, 0.05) is 31.2 Å². The second-order valence-corrected chi connectivity index (χ2v) is 7.65. The van der Waals surface area contributed by atoms with E-state index in [1.54, 1.807) is 12.1 Å². The van der Waals surface area contributed by atoms with Gasteiger partial charge in [-0.25, -0.2) is 0 Å². The third-order valence-corrected chi connectivity index (χ3v) is 5.58. The number of benzene rings is 2. The summed E-state index contributed by atoms with van der Waals surface area (Å²) < 4.78 is 5.45. The molecule has 3 rings (SSSR count). The molecule has 0 aliphatic carbocycles. The Bertz CT molecular complexity index is 684. The molecule has 0 radical (unpaired) electrons. The highest BCUT2D eigenvalue weighted by Crippen LogP contribution is 2.23. The highest BCUT2D eigenvalue weighted by atomic mass is 32.2. The molecule has 1 saturated heterocycles. The van der Waals surface area contributed by atoms with Gasteiger partial charge in [0.15, 0.2) is 0 Å². The Labute approximate surface area is 159 Å². The Morgan fingerprint density at radius 2 is 1.77 bits per heavy atom. The van der Waals surface area contributed by atoms with Gasteiger partial charge in [0.25, 0.3) is 0 Å². The lowest BCUT2D eigenvalue weighted by molar-refractivity contribution is -0.130. The van der Waals surface area contributed by atoms with E-state index < -0.39 is 0 Å². The first kappa shape index (κ1) is 18.8. The van der Waals surface area contributed by atoms with Crippen LogP contribution < -0.4 is 0 Å². The van der Waals surface area contributed by atoms with Gasteiger partial charge < -0.3 is 14.7 Å². The van der Waals surface area contributed by atoms with Gasteiger partial charge in [0.1, 0.15) is 5.75 Å². The monoisotopic (exact) mass is 371 g/mol. The predicted octanol–water partition coefficient (Wildman–Crippen LogP) is 3.94. The molecule has 0 spiro atoms. The van der Waals surface area contributed by atoms with E-state index in [1.165, 1.54) is 11.8 Å². The third-order valence-electron chi connectivity index (χ3n) is 4.59. The number of hydrogen-bond donors (Lipinski definition) is 1. The molecule has 0 bridgehead atoms. The van der Waals surface area contributed by atoms with Gasteiger partial charge in [-0.05, 0) is 48.6 Å². The summed E-state index contributed by atoms with van der Waals surface area (Å²) >= 11 is 1.51. The summed E-state index contributed by atoms with van der Waals surface area (Å²) in [6.45, 7) is 3.01. The normalized spacial score (nSPS) is 14.9. The molecule has 1 N–H and O–H groups in total. The molecule has 1 aliphatic rings. The first-order valence-corrected chi connectivity index (χ1v) is 10.0. The van der Waals surface area contributed by atoms with E-state index in [2.05, 4.69) is 12.1 Å². The topological polar surface area (TPSA) is 49.8 Å². The minimum atomic E-state index is 0.151. The molecule has 0 unspecified atom stereocenters. The van der Waals surface area contributed by atoms with Gasteiger partial charge in [-0.1, -0.05) is 30.3 Å². The zero-order valence-corrected chi connectivity index (χ0v) is 15.7. The van der Waals surface area contributed by atoms with E-state index in [0.29, 0.717) is 18.2 Å².